The van der Waals surface area contributed by atoms with E-state index in [0.717, 1.165) is 64.2 Å². The van der Waals surface area contributed by atoms with Crippen molar-refractivity contribution in [2.75, 3.05) is 53.4 Å². The van der Waals surface area contributed by atoms with E-state index in [1.807, 2.05) is 6.92 Å². The summed E-state index contributed by atoms with van der Waals surface area (Å²) in [6.07, 6.45) is -2.67. The van der Waals surface area contributed by atoms with Gasteiger partial charge in [-0.05, 0) is 39.0 Å². The Bertz CT molecular complexity index is 1050. The van der Waals surface area contributed by atoms with Gasteiger partial charge < -0.3 is 67.1 Å². The zero-order valence-electron chi connectivity index (χ0n) is 36.4. The highest BCUT2D eigenvalue weighted by atomic mass is 16.8. The lowest BCUT2D eigenvalue weighted by Crippen LogP contribution is -2.67. The van der Waals surface area contributed by atoms with Crippen molar-refractivity contribution in [3.05, 3.63) is 0 Å². The average molecular weight is 823 g/mol. The first-order valence-corrected chi connectivity index (χ1v) is 21.9. The molecule has 0 aliphatic carbocycles. The number of methoxy groups -OCH3 is 1. The van der Waals surface area contributed by atoms with Crippen molar-refractivity contribution in [3.63, 3.8) is 0 Å². The quantitative estimate of drug-likeness (QED) is 0.0792. The Balaban J connectivity index is 2.11. The number of ether oxygens (including phenoxy) is 12. The van der Waals surface area contributed by atoms with Gasteiger partial charge in [0.2, 0.25) is 0 Å². The second-order valence-corrected chi connectivity index (χ2v) is 15.5. The molecule has 3 aliphatic heterocycles. The van der Waals surface area contributed by atoms with Crippen molar-refractivity contribution in [2.45, 2.75) is 206 Å². The number of carbonyl (C=O) groups is 1. The number of aliphatic hydroxyl groups is 2. The Hall–Kier alpha value is -1.05. The number of hydrogen-bond acceptors (Lipinski definition) is 15. The fourth-order valence-corrected chi connectivity index (χ4v) is 7.32. The Morgan fingerprint density at radius 2 is 1.09 bits per heavy atom. The SMILES string of the molecule is CCCCOC[C@@H]1O[C@H](OC2[C@@H](OCCCC)C(C)O[C@@H](OC)[C@H]2O[C@@H]2OC(CO)[C@@H](O)C(OC(C)=O)[C@@H]2C)C(OCCCC)C(OCCCC)[C@@H]1OCCCC. The number of carbonyl (C=O) groups excluding carboxylic acids is 1. The maximum atomic E-state index is 12.1. The fraction of sp³-hybridized carbons (Fsp3) is 0.976. The minimum Gasteiger partial charge on any atom is -0.459 e. The van der Waals surface area contributed by atoms with Gasteiger partial charge in [-0.3, -0.25) is 4.79 Å². The Morgan fingerprint density at radius 3 is 1.63 bits per heavy atom. The van der Waals surface area contributed by atoms with Crippen LogP contribution in [0.4, 0.5) is 0 Å². The first-order valence-electron chi connectivity index (χ1n) is 21.9. The molecule has 0 spiro atoms. The van der Waals surface area contributed by atoms with E-state index < -0.39 is 105 Å². The van der Waals surface area contributed by atoms with Crippen LogP contribution in [-0.4, -0.2) is 156 Å². The van der Waals surface area contributed by atoms with Crippen LogP contribution in [0.5, 0.6) is 0 Å². The molecular weight excluding hydrogens is 744 g/mol. The summed E-state index contributed by atoms with van der Waals surface area (Å²) in [6, 6.07) is 0. The Morgan fingerprint density at radius 1 is 0.579 bits per heavy atom. The van der Waals surface area contributed by atoms with Crippen LogP contribution in [0, 0.1) is 5.92 Å². The van der Waals surface area contributed by atoms with Crippen molar-refractivity contribution in [3.8, 4) is 0 Å². The predicted molar refractivity (Wildman–Crippen MR) is 211 cm³/mol. The van der Waals surface area contributed by atoms with E-state index in [1.54, 1.807) is 6.92 Å². The van der Waals surface area contributed by atoms with Gasteiger partial charge in [0.1, 0.15) is 61.0 Å². The summed E-state index contributed by atoms with van der Waals surface area (Å²) in [6.45, 7) is 17.7. The first-order chi connectivity index (χ1) is 27.6. The van der Waals surface area contributed by atoms with Crippen LogP contribution in [0.25, 0.3) is 0 Å². The molecule has 2 N–H and O–H groups in total. The third-order valence-electron chi connectivity index (χ3n) is 10.7. The monoisotopic (exact) mass is 823 g/mol. The first kappa shape index (κ1) is 50.3. The van der Waals surface area contributed by atoms with Gasteiger partial charge in [0.25, 0.3) is 0 Å². The lowest BCUT2D eigenvalue weighted by atomic mass is 9.91. The molecule has 3 saturated heterocycles. The molecular formula is C42H78O15. The lowest BCUT2D eigenvalue weighted by Gasteiger charge is -2.51. The van der Waals surface area contributed by atoms with E-state index in [4.69, 9.17) is 56.8 Å². The highest BCUT2D eigenvalue weighted by molar-refractivity contribution is 5.66. The van der Waals surface area contributed by atoms with Crippen molar-refractivity contribution >= 4 is 5.97 Å². The summed E-state index contributed by atoms with van der Waals surface area (Å²) in [7, 11) is 1.52. The van der Waals surface area contributed by atoms with Gasteiger partial charge >= 0.3 is 5.97 Å². The molecule has 0 radical (unpaired) electrons. The molecule has 0 aromatic rings. The molecule has 0 amide bonds. The Labute approximate surface area is 342 Å². The van der Waals surface area contributed by atoms with Crippen LogP contribution in [-0.2, 0) is 61.6 Å². The van der Waals surface area contributed by atoms with Gasteiger partial charge in [-0.15, -0.1) is 0 Å². The van der Waals surface area contributed by atoms with Crippen molar-refractivity contribution < 1.29 is 71.8 Å². The van der Waals surface area contributed by atoms with Gasteiger partial charge in [0.05, 0.1) is 19.3 Å². The third kappa shape index (κ3) is 15.1. The van der Waals surface area contributed by atoms with Crippen LogP contribution < -0.4 is 0 Å². The number of hydrogen-bond donors (Lipinski definition) is 2. The summed E-state index contributed by atoms with van der Waals surface area (Å²) in [5.74, 6) is -1.25. The summed E-state index contributed by atoms with van der Waals surface area (Å²) in [4.78, 5) is 12.1. The third-order valence-corrected chi connectivity index (χ3v) is 10.7. The van der Waals surface area contributed by atoms with Crippen molar-refractivity contribution in [2.24, 2.45) is 5.92 Å². The van der Waals surface area contributed by atoms with Gasteiger partial charge in [-0.1, -0.05) is 73.6 Å². The van der Waals surface area contributed by atoms with E-state index in [9.17, 15) is 15.0 Å². The zero-order chi connectivity index (χ0) is 41.7. The molecule has 0 saturated carbocycles. The molecule has 0 bridgehead atoms. The number of unbranched alkanes of at least 4 members (excludes halogenated alkanes) is 5. The molecule has 3 heterocycles. The molecule has 3 rings (SSSR count). The average Bonchev–Trinajstić information content (AvgIpc) is 3.19. The van der Waals surface area contributed by atoms with Crippen LogP contribution >= 0.6 is 0 Å². The van der Waals surface area contributed by atoms with Gasteiger partial charge in [-0.25, -0.2) is 0 Å². The second-order valence-electron chi connectivity index (χ2n) is 15.5. The van der Waals surface area contributed by atoms with Gasteiger partial charge in [-0.2, -0.15) is 0 Å². The van der Waals surface area contributed by atoms with Crippen LogP contribution in [0.15, 0.2) is 0 Å². The van der Waals surface area contributed by atoms with E-state index >= 15 is 0 Å². The maximum absolute atomic E-state index is 12.1. The summed E-state index contributed by atoms with van der Waals surface area (Å²) in [5, 5.41) is 21.2. The van der Waals surface area contributed by atoms with E-state index in [1.165, 1.54) is 14.0 Å². The summed E-state index contributed by atoms with van der Waals surface area (Å²) < 4.78 is 77.6. The molecule has 6 unspecified atom stereocenters. The molecule has 0 aromatic heterocycles. The normalized spacial score (nSPS) is 36.0. The zero-order valence-corrected chi connectivity index (χ0v) is 36.4. The number of esters is 1. The van der Waals surface area contributed by atoms with Crippen LogP contribution in [0.3, 0.4) is 0 Å². The standard InChI is InChI=1S/C42H78O15/c1-10-15-20-47-26-31-35(49-22-17-12-3)36(50-23-18-13-4)38(51-24-19-14-5)42(55-31)56-37-34(48-21-16-11-2)28(7)52-41(46-9)39(37)57-40-27(6)33(53-29(8)44)32(45)30(25-43)54-40/h27-28,30-43,45H,10-26H2,1-9H3/t27-,28?,30?,31-,32+,33?,34-,35+,36?,37?,38?,39-,40-,41+,42+/m0/s1. The van der Waals surface area contributed by atoms with E-state index in [0.29, 0.717) is 33.0 Å². The smallest absolute Gasteiger partial charge is 0.303 e. The van der Waals surface area contributed by atoms with E-state index in [2.05, 4.69) is 34.6 Å². The second kappa shape index (κ2) is 27.7. The minimum absolute atomic E-state index is 0.267. The fourth-order valence-electron chi connectivity index (χ4n) is 7.32. The van der Waals surface area contributed by atoms with E-state index in [-0.39, 0.29) is 6.61 Å². The number of rotatable bonds is 28. The lowest BCUT2D eigenvalue weighted by molar-refractivity contribution is -0.390. The maximum Gasteiger partial charge on any atom is 0.303 e. The topological polar surface area (TPSA) is 168 Å². The molecule has 15 heteroatoms. The summed E-state index contributed by atoms with van der Waals surface area (Å²) >= 11 is 0. The molecule has 3 fully saturated rings. The Kier molecular flexibility index (Phi) is 24.5. The molecule has 336 valence electrons. The molecule has 15 nitrogen and oxygen atoms in total. The van der Waals surface area contributed by atoms with Crippen molar-refractivity contribution in [1.82, 2.24) is 0 Å². The van der Waals surface area contributed by atoms with Gasteiger partial charge in [0, 0.05) is 53.0 Å². The predicted octanol–water partition coefficient (Wildman–Crippen LogP) is 5.08. The highest BCUT2D eigenvalue weighted by Crippen LogP contribution is 2.38. The molecule has 57 heavy (non-hydrogen) atoms. The molecule has 15 atom stereocenters. The molecule has 3 aliphatic rings. The minimum atomic E-state index is -1.28. The van der Waals surface area contributed by atoms with Crippen LogP contribution in [0.1, 0.15) is 120 Å². The largest absolute Gasteiger partial charge is 0.459 e. The molecule has 0 aromatic carbocycles. The number of aliphatic hydroxyl groups excluding tert-OH is 2. The highest BCUT2D eigenvalue weighted by Gasteiger charge is 2.55. The summed E-state index contributed by atoms with van der Waals surface area (Å²) in [5.41, 5.74) is 0. The van der Waals surface area contributed by atoms with Crippen LogP contribution in [0.2, 0.25) is 0 Å². The van der Waals surface area contributed by atoms with Gasteiger partial charge in [0.15, 0.2) is 18.9 Å². The van der Waals surface area contributed by atoms with Crippen molar-refractivity contribution in [1.29, 1.82) is 0 Å².